The number of H-pyrrole nitrogens is 1. The first-order valence-corrected chi connectivity index (χ1v) is 6.43. The molecule has 0 amide bonds. The van der Waals surface area contributed by atoms with Crippen LogP contribution in [0.4, 0.5) is 5.95 Å². The predicted octanol–water partition coefficient (Wildman–Crippen LogP) is 3.15. The molecule has 2 rings (SSSR count). The second-order valence-corrected chi connectivity index (χ2v) is 4.34. The molecule has 0 atom stereocenters. The van der Waals surface area contributed by atoms with E-state index in [0.29, 0.717) is 4.64 Å². The second kappa shape index (κ2) is 5.35. The molecule has 0 saturated carbocycles. The molecule has 18 heavy (non-hydrogen) atoms. The molecule has 0 spiro atoms. The molecule has 0 saturated heterocycles. The summed E-state index contributed by atoms with van der Waals surface area (Å²) in [4.78, 5) is 9.89. The maximum absolute atomic E-state index is 5.34. The van der Waals surface area contributed by atoms with Crippen LogP contribution in [0.3, 0.4) is 0 Å². The lowest BCUT2D eigenvalue weighted by Crippen LogP contribution is -2.24. The van der Waals surface area contributed by atoms with Crippen molar-refractivity contribution in [2.24, 2.45) is 0 Å². The zero-order valence-corrected chi connectivity index (χ0v) is 11.7. The number of hydrogen-bond donors (Lipinski definition) is 1. The minimum atomic E-state index is 0.619. The van der Waals surface area contributed by atoms with Gasteiger partial charge in [-0.15, -0.1) is 0 Å². The van der Waals surface area contributed by atoms with Crippen molar-refractivity contribution < 1.29 is 4.74 Å². The Hall–Kier alpha value is -1.62. The van der Waals surface area contributed by atoms with E-state index in [2.05, 4.69) is 28.7 Å². The van der Waals surface area contributed by atoms with Gasteiger partial charge in [0, 0.05) is 24.5 Å². The highest BCUT2D eigenvalue weighted by atomic mass is 32.1. The highest BCUT2D eigenvalue weighted by molar-refractivity contribution is 7.71. The van der Waals surface area contributed by atoms with Crippen LogP contribution in [0.1, 0.15) is 13.8 Å². The molecule has 96 valence electrons. The van der Waals surface area contributed by atoms with E-state index in [4.69, 9.17) is 17.0 Å². The first-order chi connectivity index (χ1) is 8.69. The number of aromatic amines is 1. The maximum Gasteiger partial charge on any atom is 0.204 e. The van der Waals surface area contributed by atoms with E-state index in [0.717, 1.165) is 35.7 Å². The molecular formula is C13H17N3OS. The van der Waals surface area contributed by atoms with E-state index in [9.17, 15) is 0 Å². The van der Waals surface area contributed by atoms with Crippen molar-refractivity contribution in [1.29, 1.82) is 0 Å². The van der Waals surface area contributed by atoms with Gasteiger partial charge in [-0.25, -0.2) is 4.98 Å². The number of hydrogen-bond acceptors (Lipinski definition) is 4. The van der Waals surface area contributed by atoms with Crippen molar-refractivity contribution in [3.63, 3.8) is 0 Å². The van der Waals surface area contributed by atoms with Crippen LogP contribution in [0.15, 0.2) is 18.2 Å². The lowest BCUT2D eigenvalue weighted by Gasteiger charge is -2.19. The first kappa shape index (κ1) is 12.8. The fraction of sp³-hybridized carbons (Fsp3) is 0.385. The van der Waals surface area contributed by atoms with Crippen molar-refractivity contribution >= 4 is 29.1 Å². The standard InChI is InChI=1S/C13H17N3OS/c1-4-16(5-2)13-14-11-8-9(17-3)6-7-10(11)12(18)15-13/h6-8H,4-5H2,1-3H3,(H,14,15,18). The summed E-state index contributed by atoms with van der Waals surface area (Å²) < 4.78 is 5.85. The minimum Gasteiger partial charge on any atom is -0.497 e. The normalized spacial score (nSPS) is 10.6. The van der Waals surface area contributed by atoms with E-state index in [1.54, 1.807) is 7.11 Å². The predicted molar refractivity (Wildman–Crippen MR) is 77.0 cm³/mol. The quantitative estimate of drug-likeness (QED) is 0.860. The van der Waals surface area contributed by atoms with Gasteiger partial charge in [0.2, 0.25) is 5.95 Å². The van der Waals surface area contributed by atoms with Crippen LogP contribution in [-0.4, -0.2) is 30.2 Å². The number of anilines is 1. The average Bonchev–Trinajstić information content (AvgIpc) is 2.39. The first-order valence-electron chi connectivity index (χ1n) is 6.02. The summed E-state index contributed by atoms with van der Waals surface area (Å²) in [6.07, 6.45) is 0. The van der Waals surface area contributed by atoms with Gasteiger partial charge in [-0.3, -0.25) is 0 Å². The summed E-state index contributed by atoms with van der Waals surface area (Å²) in [5.41, 5.74) is 0.955. The third-order valence-electron chi connectivity index (χ3n) is 2.97. The zero-order valence-electron chi connectivity index (χ0n) is 10.9. The Kier molecular flexibility index (Phi) is 3.81. The van der Waals surface area contributed by atoms with Gasteiger partial charge in [-0.1, -0.05) is 12.2 Å². The van der Waals surface area contributed by atoms with Crippen LogP contribution in [0.2, 0.25) is 0 Å². The van der Waals surface area contributed by atoms with Crippen molar-refractivity contribution in [3.05, 3.63) is 22.8 Å². The summed E-state index contributed by atoms with van der Waals surface area (Å²) in [5.74, 6) is 1.62. The number of benzene rings is 1. The number of aromatic nitrogens is 2. The third-order valence-corrected chi connectivity index (χ3v) is 3.29. The Bertz CT molecular complexity index is 605. The summed E-state index contributed by atoms with van der Waals surface area (Å²) >= 11 is 5.34. The van der Waals surface area contributed by atoms with Crippen molar-refractivity contribution in [1.82, 2.24) is 9.97 Å². The number of fused-ring (bicyclic) bond motifs is 1. The molecule has 2 aromatic rings. The number of rotatable bonds is 4. The van der Waals surface area contributed by atoms with Crippen LogP contribution in [0.25, 0.3) is 10.9 Å². The van der Waals surface area contributed by atoms with E-state index in [-0.39, 0.29) is 0 Å². The molecule has 0 aliphatic carbocycles. The van der Waals surface area contributed by atoms with Gasteiger partial charge in [0.25, 0.3) is 0 Å². The number of methoxy groups -OCH3 is 1. The summed E-state index contributed by atoms with van der Waals surface area (Å²) in [6.45, 7) is 5.98. The lowest BCUT2D eigenvalue weighted by molar-refractivity contribution is 0.415. The molecular weight excluding hydrogens is 246 g/mol. The fourth-order valence-electron chi connectivity index (χ4n) is 1.92. The molecule has 0 radical (unpaired) electrons. The van der Waals surface area contributed by atoms with Gasteiger partial charge < -0.3 is 14.6 Å². The summed E-state index contributed by atoms with van der Waals surface area (Å²) in [6, 6.07) is 5.77. The smallest absolute Gasteiger partial charge is 0.204 e. The largest absolute Gasteiger partial charge is 0.497 e. The molecule has 1 aromatic heterocycles. The Morgan fingerprint density at radius 2 is 2.06 bits per heavy atom. The topological polar surface area (TPSA) is 41.2 Å². The molecule has 0 aliphatic rings. The molecule has 1 N–H and O–H groups in total. The van der Waals surface area contributed by atoms with Gasteiger partial charge in [-0.05, 0) is 26.0 Å². The van der Waals surface area contributed by atoms with E-state index in [1.165, 1.54) is 0 Å². The van der Waals surface area contributed by atoms with Crippen molar-refractivity contribution in [3.8, 4) is 5.75 Å². The lowest BCUT2D eigenvalue weighted by atomic mass is 10.2. The monoisotopic (exact) mass is 263 g/mol. The van der Waals surface area contributed by atoms with Gasteiger partial charge in [0.05, 0.1) is 12.6 Å². The Morgan fingerprint density at radius 3 is 2.67 bits per heavy atom. The van der Waals surface area contributed by atoms with E-state index < -0.39 is 0 Å². The molecule has 4 nitrogen and oxygen atoms in total. The molecule has 5 heteroatoms. The molecule has 0 aliphatic heterocycles. The zero-order chi connectivity index (χ0) is 13.1. The highest BCUT2D eigenvalue weighted by Crippen LogP contribution is 2.21. The van der Waals surface area contributed by atoms with Gasteiger partial charge in [0.15, 0.2) is 0 Å². The van der Waals surface area contributed by atoms with E-state index in [1.807, 2.05) is 18.2 Å². The Labute approximate surface area is 112 Å². The van der Waals surface area contributed by atoms with Crippen LogP contribution >= 0.6 is 12.2 Å². The molecule has 0 fully saturated rings. The molecule has 0 unspecified atom stereocenters. The SMILES string of the molecule is CCN(CC)c1nc(=S)c2ccc(OC)cc2[nH]1. The summed E-state index contributed by atoms with van der Waals surface area (Å²) in [7, 11) is 1.66. The number of nitrogens with one attached hydrogen (secondary N) is 1. The van der Waals surface area contributed by atoms with Gasteiger partial charge in [-0.2, -0.15) is 0 Å². The maximum atomic E-state index is 5.34. The molecule has 0 bridgehead atoms. The van der Waals surface area contributed by atoms with Gasteiger partial charge in [0.1, 0.15) is 10.4 Å². The Morgan fingerprint density at radius 1 is 1.33 bits per heavy atom. The van der Waals surface area contributed by atoms with Crippen LogP contribution < -0.4 is 9.64 Å². The Balaban J connectivity index is 2.62. The van der Waals surface area contributed by atoms with Crippen LogP contribution in [0.5, 0.6) is 5.75 Å². The van der Waals surface area contributed by atoms with Crippen LogP contribution in [-0.2, 0) is 0 Å². The molecule has 1 heterocycles. The fourth-order valence-corrected chi connectivity index (χ4v) is 2.18. The van der Waals surface area contributed by atoms with Gasteiger partial charge >= 0.3 is 0 Å². The van der Waals surface area contributed by atoms with Crippen LogP contribution in [0, 0.1) is 4.64 Å². The second-order valence-electron chi connectivity index (χ2n) is 3.95. The molecule has 1 aromatic carbocycles. The minimum absolute atomic E-state index is 0.619. The van der Waals surface area contributed by atoms with Crippen molar-refractivity contribution in [2.45, 2.75) is 13.8 Å². The number of nitrogens with zero attached hydrogens (tertiary/aromatic N) is 2. The van der Waals surface area contributed by atoms with Crippen molar-refractivity contribution in [2.75, 3.05) is 25.1 Å². The average molecular weight is 263 g/mol. The van der Waals surface area contributed by atoms with E-state index >= 15 is 0 Å². The highest BCUT2D eigenvalue weighted by Gasteiger charge is 2.07. The summed E-state index contributed by atoms with van der Waals surface area (Å²) in [5, 5.41) is 0.946. The number of ether oxygens (including phenoxy) is 1. The third kappa shape index (κ3) is 2.31.